The Morgan fingerprint density at radius 2 is 1.95 bits per heavy atom. The Balaban J connectivity index is 2.19. The molecule has 0 bridgehead atoms. The Kier molecular flexibility index (Phi) is 9.61. The molecule has 0 fully saturated rings. The number of anilines is 1. The topological polar surface area (TPSA) is 66.9 Å². The van der Waals surface area contributed by atoms with Gasteiger partial charge in [0.1, 0.15) is 11.5 Å². The fourth-order valence-electron chi connectivity index (χ4n) is 1.81. The molecule has 0 saturated carbocycles. The predicted molar refractivity (Wildman–Crippen MR) is 90.0 cm³/mol. The van der Waals surface area contributed by atoms with E-state index in [1.165, 1.54) is 24.8 Å². The highest BCUT2D eigenvalue weighted by atomic mass is 32.2. The molecule has 0 radical (unpaired) electrons. The Hall–Kier alpha value is -1.30. The fourth-order valence-corrected chi connectivity index (χ4v) is 2.30. The van der Waals surface area contributed by atoms with Gasteiger partial charge in [0.25, 0.3) is 5.91 Å². The summed E-state index contributed by atoms with van der Waals surface area (Å²) in [5.41, 5.74) is 0.374. The van der Waals surface area contributed by atoms with Gasteiger partial charge in [0.15, 0.2) is 0 Å². The molecule has 0 unspecified atom stereocenters. The number of hydrogen-bond acceptors (Lipinski definition) is 5. The highest BCUT2D eigenvalue weighted by Gasteiger charge is 2.06. The van der Waals surface area contributed by atoms with Gasteiger partial charge < -0.3 is 10.6 Å². The SMILES string of the molecule is CCCNc1cnc(C(=O)NCCCCCCSC)cn1. The number of rotatable bonds is 11. The molecule has 0 spiro atoms. The zero-order valence-corrected chi connectivity index (χ0v) is 13.8. The van der Waals surface area contributed by atoms with Crippen molar-refractivity contribution in [3.05, 3.63) is 18.1 Å². The second kappa shape index (κ2) is 11.4. The van der Waals surface area contributed by atoms with Crippen LogP contribution in [0.4, 0.5) is 5.82 Å². The van der Waals surface area contributed by atoms with Crippen LogP contribution in [0.3, 0.4) is 0 Å². The van der Waals surface area contributed by atoms with Crippen LogP contribution in [0.2, 0.25) is 0 Å². The van der Waals surface area contributed by atoms with Gasteiger partial charge in [-0.3, -0.25) is 4.79 Å². The van der Waals surface area contributed by atoms with E-state index in [4.69, 9.17) is 0 Å². The molecular formula is C15H26N4OS. The zero-order chi connectivity index (χ0) is 15.3. The molecule has 1 heterocycles. The molecule has 0 saturated heterocycles. The van der Waals surface area contributed by atoms with Crippen molar-refractivity contribution in [2.75, 3.05) is 30.4 Å². The van der Waals surface area contributed by atoms with E-state index in [0.29, 0.717) is 18.1 Å². The molecule has 1 aromatic rings. The number of nitrogens with one attached hydrogen (secondary N) is 2. The predicted octanol–water partition coefficient (Wildman–Crippen LogP) is 2.95. The number of carbonyl (C=O) groups excluding carboxylic acids is 1. The summed E-state index contributed by atoms with van der Waals surface area (Å²) in [5.74, 6) is 1.79. The third-order valence-electron chi connectivity index (χ3n) is 3.00. The van der Waals surface area contributed by atoms with E-state index < -0.39 is 0 Å². The molecule has 0 aliphatic rings. The lowest BCUT2D eigenvalue weighted by molar-refractivity contribution is 0.0947. The average molecular weight is 310 g/mol. The second-order valence-corrected chi connectivity index (χ2v) is 5.86. The van der Waals surface area contributed by atoms with Crippen LogP contribution in [-0.2, 0) is 0 Å². The molecular weight excluding hydrogens is 284 g/mol. The minimum atomic E-state index is -0.145. The highest BCUT2D eigenvalue weighted by molar-refractivity contribution is 7.98. The first kappa shape index (κ1) is 17.8. The van der Waals surface area contributed by atoms with Gasteiger partial charge >= 0.3 is 0 Å². The van der Waals surface area contributed by atoms with E-state index in [1.54, 1.807) is 6.20 Å². The van der Waals surface area contributed by atoms with E-state index in [9.17, 15) is 4.79 Å². The van der Waals surface area contributed by atoms with Crippen LogP contribution in [0.25, 0.3) is 0 Å². The van der Waals surface area contributed by atoms with Gasteiger partial charge in [0.05, 0.1) is 12.4 Å². The lowest BCUT2D eigenvalue weighted by Crippen LogP contribution is -2.25. The number of carbonyl (C=O) groups is 1. The summed E-state index contributed by atoms with van der Waals surface area (Å²) in [6, 6.07) is 0. The lowest BCUT2D eigenvalue weighted by Gasteiger charge is -2.06. The van der Waals surface area contributed by atoms with Crippen molar-refractivity contribution >= 4 is 23.5 Å². The van der Waals surface area contributed by atoms with Crippen LogP contribution in [0, 0.1) is 0 Å². The minimum absolute atomic E-state index is 0.145. The van der Waals surface area contributed by atoms with Crippen molar-refractivity contribution in [2.24, 2.45) is 0 Å². The number of amides is 1. The Morgan fingerprint density at radius 3 is 2.62 bits per heavy atom. The normalized spacial score (nSPS) is 10.4. The van der Waals surface area contributed by atoms with Gasteiger partial charge in [0.2, 0.25) is 0 Å². The van der Waals surface area contributed by atoms with Crippen LogP contribution in [0.5, 0.6) is 0 Å². The van der Waals surface area contributed by atoms with Gasteiger partial charge in [-0.1, -0.05) is 19.8 Å². The summed E-state index contributed by atoms with van der Waals surface area (Å²) >= 11 is 1.88. The van der Waals surface area contributed by atoms with E-state index in [0.717, 1.165) is 25.8 Å². The van der Waals surface area contributed by atoms with Gasteiger partial charge in [-0.25, -0.2) is 9.97 Å². The Morgan fingerprint density at radius 1 is 1.14 bits per heavy atom. The summed E-state index contributed by atoms with van der Waals surface area (Å²) in [5, 5.41) is 6.02. The van der Waals surface area contributed by atoms with Gasteiger partial charge in [-0.05, 0) is 31.3 Å². The quantitative estimate of drug-likeness (QED) is 0.615. The van der Waals surface area contributed by atoms with Crippen molar-refractivity contribution in [1.82, 2.24) is 15.3 Å². The smallest absolute Gasteiger partial charge is 0.271 e. The number of hydrogen-bond donors (Lipinski definition) is 2. The van der Waals surface area contributed by atoms with Crippen LogP contribution in [-0.4, -0.2) is 41.0 Å². The first-order valence-corrected chi connectivity index (χ1v) is 9.00. The van der Waals surface area contributed by atoms with Crippen molar-refractivity contribution < 1.29 is 4.79 Å². The van der Waals surface area contributed by atoms with Crippen molar-refractivity contribution in [2.45, 2.75) is 39.0 Å². The summed E-state index contributed by atoms with van der Waals surface area (Å²) in [6.07, 6.45) is 10.9. The van der Waals surface area contributed by atoms with Gasteiger partial charge in [0, 0.05) is 13.1 Å². The second-order valence-electron chi connectivity index (χ2n) is 4.88. The maximum atomic E-state index is 11.9. The van der Waals surface area contributed by atoms with Gasteiger partial charge in [-0.15, -0.1) is 0 Å². The summed E-state index contributed by atoms with van der Waals surface area (Å²) < 4.78 is 0. The molecule has 1 aromatic heterocycles. The zero-order valence-electron chi connectivity index (χ0n) is 13.0. The molecule has 21 heavy (non-hydrogen) atoms. The van der Waals surface area contributed by atoms with Crippen LogP contribution in [0.1, 0.15) is 49.5 Å². The molecule has 1 rings (SSSR count). The maximum Gasteiger partial charge on any atom is 0.271 e. The Labute approximate surface area is 131 Å². The molecule has 2 N–H and O–H groups in total. The maximum absolute atomic E-state index is 11.9. The van der Waals surface area contributed by atoms with Gasteiger partial charge in [-0.2, -0.15) is 11.8 Å². The van der Waals surface area contributed by atoms with E-state index in [-0.39, 0.29) is 5.91 Å². The molecule has 0 aliphatic carbocycles. The molecule has 0 aromatic carbocycles. The highest BCUT2D eigenvalue weighted by Crippen LogP contribution is 2.04. The largest absolute Gasteiger partial charge is 0.369 e. The molecule has 118 valence electrons. The van der Waals surface area contributed by atoms with Crippen LogP contribution >= 0.6 is 11.8 Å². The number of thioether (sulfide) groups is 1. The fraction of sp³-hybridized carbons (Fsp3) is 0.667. The first-order chi connectivity index (χ1) is 10.3. The van der Waals surface area contributed by atoms with Crippen LogP contribution in [0.15, 0.2) is 12.4 Å². The minimum Gasteiger partial charge on any atom is -0.369 e. The third kappa shape index (κ3) is 7.90. The van der Waals surface area contributed by atoms with Crippen molar-refractivity contribution in [1.29, 1.82) is 0 Å². The molecule has 1 amide bonds. The first-order valence-electron chi connectivity index (χ1n) is 7.61. The molecule has 0 atom stereocenters. The summed E-state index contributed by atoms with van der Waals surface area (Å²) in [7, 11) is 0. The van der Waals surface area contributed by atoms with E-state index in [2.05, 4.69) is 33.8 Å². The molecule has 0 aliphatic heterocycles. The van der Waals surface area contributed by atoms with E-state index >= 15 is 0 Å². The average Bonchev–Trinajstić information content (AvgIpc) is 2.52. The van der Waals surface area contributed by atoms with Crippen molar-refractivity contribution in [3.8, 4) is 0 Å². The number of unbranched alkanes of at least 4 members (excludes halogenated alkanes) is 3. The monoisotopic (exact) mass is 310 g/mol. The Bertz CT molecular complexity index is 397. The number of aromatic nitrogens is 2. The van der Waals surface area contributed by atoms with Crippen LogP contribution < -0.4 is 10.6 Å². The number of nitrogens with zero attached hydrogens (tertiary/aromatic N) is 2. The standard InChI is InChI=1S/C15H26N4OS/c1-3-8-16-14-12-18-13(11-19-14)15(20)17-9-6-4-5-7-10-21-2/h11-12H,3-10H2,1-2H3,(H,16,19)(H,17,20). The summed E-state index contributed by atoms with van der Waals surface area (Å²) in [4.78, 5) is 20.2. The van der Waals surface area contributed by atoms with Crippen molar-refractivity contribution in [3.63, 3.8) is 0 Å². The third-order valence-corrected chi connectivity index (χ3v) is 3.70. The van der Waals surface area contributed by atoms with E-state index in [1.807, 2.05) is 11.8 Å². The molecule has 5 nitrogen and oxygen atoms in total. The molecule has 6 heteroatoms. The summed E-state index contributed by atoms with van der Waals surface area (Å²) in [6.45, 7) is 3.65. The lowest BCUT2D eigenvalue weighted by atomic mass is 10.2.